The van der Waals surface area contributed by atoms with Gasteiger partial charge >= 0.3 is 0 Å². The van der Waals surface area contributed by atoms with E-state index in [-0.39, 0.29) is 24.4 Å². The second kappa shape index (κ2) is 8.34. The zero-order chi connectivity index (χ0) is 17.3. The third kappa shape index (κ3) is 4.07. The molecule has 0 saturated heterocycles. The van der Waals surface area contributed by atoms with Gasteiger partial charge in [0.25, 0.3) is 5.91 Å². The number of hydrogen-bond donors (Lipinski definition) is 2. The van der Waals surface area contributed by atoms with Crippen LogP contribution in [-0.4, -0.2) is 28.3 Å². The highest BCUT2D eigenvalue weighted by Gasteiger charge is 2.27. The summed E-state index contributed by atoms with van der Waals surface area (Å²) in [7, 11) is 0. The molecule has 2 unspecified atom stereocenters. The molecule has 0 spiro atoms. The lowest BCUT2D eigenvalue weighted by atomic mass is 10.0. The van der Waals surface area contributed by atoms with Crippen LogP contribution < -0.4 is 11.1 Å². The molecule has 3 rings (SSSR count). The molecule has 1 aromatic heterocycles. The minimum absolute atomic E-state index is 0. The quantitative estimate of drug-likeness (QED) is 0.784. The van der Waals surface area contributed by atoms with Crippen molar-refractivity contribution in [2.45, 2.75) is 39.2 Å². The highest BCUT2D eigenvalue weighted by molar-refractivity contribution is 9.10. The molecule has 7 heteroatoms. The summed E-state index contributed by atoms with van der Waals surface area (Å²) in [5.41, 5.74) is 9.39. The number of nitrogens with one attached hydrogen (secondary N) is 1. The first kappa shape index (κ1) is 19.9. The smallest absolute Gasteiger partial charge is 0.251 e. The number of rotatable bonds is 4. The van der Waals surface area contributed by atoms with E-state index < -0.39 is 0 Å². The highest BCUT2D eigenvalue weighted by atomic mass is 79.9. The summed E-state index contributed by atoms with van der Waals surface area (Å²) in [4.78, 5) is 12.5. The molecule has 1 saturated carbocycles. The SMILES string of the molecule is Cc1nn(-c2ccc(C(=O)NC3CCCC3CN)cc2)c(C)c1Br.Cl. The van der Waals surface area contributed by atoms with Crippen LogP contribution in [-0.2, 0) is 0 Å². The third-order valence-corrected chi connectivity index (χ3v) is 6.00. The van der Waals surface area contributed by atoms with Gasteiger partial charge in [-0.05, 0) is 79.3 Å². The number of nitrogens with zero attached hydrogens (tertiary/aromatic N) is 2. The van der Waals surface area contributed by atoms with Crippen LogP contribution in [0, 0.1) is 19.8 Å². The zero-order valence-corrected chi connectivity index (χ0v) is 16.9. The highest BCUT2D eigenvalue weighted by Crippen LogP contribution is 2.25. The van der Waals surface area contributed by atoms with Gasteiger partial charge in [-0.15, -0.1) is 12.4 Å². The van der Waals surface area contributed by atoms with Gasteiger partial charge in [0.1, 0.15) is 0 Å². The van der Waals surface area contributed by atoms with E-state index in [0.29, 0.717) is 18.0 Å². The maximum Gasteiger partial charge on any atom is 0.251 e. The van der Waals surface area contributed by atoms with Crippen molar-refractivity contribution in [3.05, 3.63) is 45.7 Å². The van der Waals surface area contributed by atoms with E-state index in [1.807, 2.05) is 42.8 Å². The monoisotopic (exact) mass is 426 g/mol. The Morgan fingerprint density at radius 1 is 1.32 bits per heavy atom. The van der Waals surface area contributed by atoms with Crippen LogP contribution in [0.1, 0.15) is 41.0 Å². The lowest BCUT2D eigenvalue weighted by Crippen LogP contribution is -2.39. The second-order valence-corrected chi connectivity index (χ2v) is 7.24. The van der Waals surface area contributed by atoms with Gasteiger partial charge in [-0.1, -0.05) is 6.42 Å². The molecule has 2 aromatic rings. The summed E-state index contributed by atoms with van der Waals surface area (Å²) in [5.74, 6) is 0.377. The number of aryl methyl sites for hydroxylation is 1. The Morgan fingerprint density at radius 3 is 2.56 bits per heavy atom. The first-order chi connectivity index (χ1) is 11.5. The van der Waals surface area contributed by atoms with Crippen molar-refractivity contribution in [2.75, 3.05) is 6.54 Å². The summed E-state index contributed by atoms with van der Waals surface area (Å²) in [6, 6.07) is 7.75. The van der Waals surface area contributed by atoms with Crippen molar-refractivity contribution in [1.82, 2.24) is 15.1 Å². The summed E-state index contributed by atoms with van der Waals surface area (Å²) < 4.78 is 2.89. The van der Waals surface area contributed by atoms with Crippen LogP contribution in [0.15, 0.2) is 28.7 Å². The van der Waals surface area contributed by atoms with Gasteiger partial charge < -0.3 is 11.1 Å². The second-order valence-electron chi connectivity index (χ2n) is 6.45. The van der Waals surface area contributed by atoms with Gasteiger partial charge in [0, 0.05) is 11.6 Å². The first-order valence-corrected chi connectivity index (χ1v) is 9.13. The van der Waals surface area contributed by atoms with E-state index in [4.69, 9.17) is 5.73 Å². The molecule has 1 aliphatic carbocycles. The zero-order valence-electron chi connectivity index (χ0n) is 14.5. The fraction of sp³-hybridized carbons (Fsp3) is 0.444. The molecule has 25 heavy (non-hydrogen) atoms. The van der Waals surface area contributed by atoms with E-state index in [2.05, 4.69) is 26.3 Å². The Hall–Kier alpha value is -1.37. The first-order valence-electron chi connectivity index (χ1n) is 8.34. The topological polar surface area (TPSA) is 72.9 Å². The molecule has 0 radical (unpaired) electrons. The average molecular weight is 428 g/mol. The van der Waals surface area contributed by atoms with Gasteiger partial charge in [-0.3, -0.25) is 4.79 Å². The summed E-state index contributed by atoms with van der Waals surface area (Å²) in [6.07, 6.45) is 3.26. The average Bonchev–Trinajstić information content (AvgIpc) is 3.14. The largest absolute Gasteiger partial charge is 0.349 e. The normalized spacial score (nSPS) is 19.5. The third-order valence-electron chi connectivity index (χ3n) is 4.86. The standard InChI is InChI=1S/C18H23BrN4O.ClH/c1-11-17(19)12(2)23(22-11)15-8-6-13(7-9-15)18(24)21-16-5-3-4-14(16)10-20;/h6-9,14,16H,3-5,10,20H2,1-2H3,(H,21,24);1H. The molecule has 1 fully saturated rings. The number of amides is 1. The van der Waals surface area contributed by atoms with E-state index >= 15 is 0 Å². The maximum atomic E-state index is 12.5. The van der Waals surface area contributed by atoms with Crippen LogP contribution in [0.25, 0.3) is 5.69 Å². The lowest BCUT2D eigenvalue weighted by Gasteiger charge is -2.19. The molecule has 1 aromatic carbocycles. The molecule has 1 aliphatic rings. The maximum absolute atomic E-state index is 12.5. The fourth-order valence-electron chi connectivity index (χ4n) is 3.39. The number of hydrogen-bond acceptors (Lipinski definition) is 3. The van der Waals surface area contributed by atoms with Crippen LogP contribution in [0.4, 0.5) is 0 Å². The van der Waals surface area contributed by atoms with Crippen molar-refractivity contribution < 1.29 is 4.79 Å². The molecular weight excluding hydrogens is 404 g/mol. The Balaban J connectivity index is 0.00000225. The van der Waals surface area contributed by atoms with E-state index in [9.17, 15) is 4.79 Å². The summed E-state index contributed by atoms with van der Waals surface area (Å²) in [5, 5.41) is 7.65. The number of benzene rings is 1. The minimum atomic E-state index is -0.0264. The van der Waals surface area contributed by atoms with Gasteiger partial charge in [-0.25, -0.2) is 4.68 Å². The van der Waals surface area contributed by atoms with Crippen molar-refractivity contribution >= 4 is 34.2 Å². The molecule has 0 bridgehead atoms. The predicted octanol–water partition coefficient (Wildman–Crippen LogP) is 3.53. The molecule has 1 amide bonds. The number of carbonyl (C=O) groups is 1. The minimum Gasteiger partial charge on any atom is -0.349 e. The molecule has 136 valence electrons. The lowest BCUT2D eigenvalue weighted by molar-refractivity contribution is 0.0929. The van der Waals surface area contributed by atoms with Gasteiger partial charge in [0.2, 0.25) is 0 Å². The van der Waals surface area contributed by atoms with Gasteiger partial charge in [0.15, 0.2) is 0 Å². The molecule has 2 atom stereocenters. The summed E-state index contributed by atoms with van der Waals surface area (Å²) in [6.45, 7) is 4.61. The van der Waals surface area contributed by atoms with E-state index in [1.165, 1.54) is 0 Å². The molecule has 3 N–H and O–H groups in total. The van der Waals surface area contributed by atoms with Crippen molar-refractivity contribution in [3.8, 4) is 5.69 Å². The fourth-order valence-corrected chi connectivity index (χ4v) is 3.64. The molecule has 5 nitrogen and oxygen atoms in total. The number of carbonyl (C=O) groups excluding carboxylic acids is 1. The Bertz CT molecular complexity index is 744. The van der Waals surface area contributed by atoms with Crippen molar-refractivity contribution in [3.63, 3.8) is 0 Å². The Labute approximate surface area is 162 Å². The van der Waals surface area contributed by atoms with E-state index in [0.717, 1.165) is 40.8 Å². The molecule has 1 heterocycles. The van der Waals surface area contributed by atoms with Crippen LogP contribution in [0.5, 0.6) is 0 Å². The van der Waals surface area contributed by atoms with Crippen LogP contribution >= 0.6 is 28.3 Å². The number of halogens is 2. The number of nitrogens with two attached hydrogens (primary N) is 1. The summed E-state index contributed by atoms with van der Waals surface area (Å²) >= 11 is 3.54. The van der Waals surface area contributed by atoms with E-state index in [1.54, 1.807) is 0 Å². The van der Waals surface area contributed by atoms with Gasteiger partial charge in [0.05, 0.1) is 21.5 Å². The number of aromatic nitrogens is 2. The van der Waals surface area contributed by atoms with Gasteiger partial charge in [-0.2, -0.15) is 5.10 Å². The Kier molecular flexibility index (Phi) is 6.65. The predicted molar refractivity (Wildman–Crippen MR) is 106 cm³/mol. The van der Waals surface area contributed by atoms with Crippen LogP contribution in [0.3, 0.4) is 0 Å². The molecule has 0 aliphatic heterocycles. The van der Waals surface area contributed by atoms with Crippen LogP contribution in [0.2, 0.25) is 0 Å². The Morgan fingerprint density at radius 2 is 2.00 bits per heavy atom. The molecular formula is C18H24BrClN4O. The van der Waals surface area contributed by atoms with Crippen molar-refractivity contribution in [1.29, 1.82) is 0 Å². The van der Waals surface area contributed by atoms with Crippen molar-refractivity contribution in [2.24, 2.45) is 11.7 Å².